The van der Waals surface area contributed by atoms with Crippen LogP contribution >= 0.6 is 0 Å². The molecule has 3 amide bonds. The number of urea groups is 1. The second kappa shape index (κ2) is 8.53. The standard InChI is InChI=1S/C19H23N3O4/c1-25-13-14-6-8-15(9-7-14)21-19(24)22-10-2-5-17(22)18(23)20-12-16-4-3-11-26-16/h3-4,6-9,11,17H,2,5,10,12-13H2,1H3,(H,20,23)(H,21,24)/t17-/m0/s1. The van der Waals surface area contributed by atoms with E-state index >= 15 is 0 Å². The number of benzene rings is 1. The van der Waals surface area contributed by atoms with Crippen LogP contribution in [0.5, 0.6) is 0 Å². The molecule has 2 aromatic rings. The van der Waals surface area contributed by atoms with Crippen molar-refractivity contribution < 1.29 is 18.7 Å². The average molecular weight is 357 g/mol. The van der Waals surface area contributed by atoms with E-state index in [4.69, 9.17) is 9.15 Å². The fourth-order valence-electron chi connectivity index (χ4n) is 3.03. The first-order chi connectivity index (χ1) is 12.7. The number of hydrogen-bond donors (Lipinski definition) is 2. The molecule has 1 fully saturated rings. The molecule has 2 heterocycles. The van der Waals surface area contributed by atoms with Crippen LogP contribution in [-0.2, 0) is 22.7 Å². The van der Waals surface area contributed by atoms with Crippen LogP contribution < -0.4 is 10.6 Å². The summed E-state index contributed by atoms with van der Waals surface area (Å²) in [5.74, 6) is 0.521. The number of nitrogens with one attached hydrogen (secondary N) is 2. The van der Waals surface area contributed by atoms with Gasteiger partial charge in [-0.15, -0.1) is 0 Å². The van der Waals surface area contributed by atoms with E-state index in [-0.39, 0.29) is 11.9 Å². The van der Waals surface area contributed by atoms with Gasteiger partial charge in [0.05, 0.1) is 19.4 Å². The van der Waals surface area contributed by atoms with Gasteiger partial charge in [0.2, 0.25) is 5.91 Å². The number of carbonyl (C=O) groups is 2. The van der Waals surface area contributed by atoms with Gasteiger partial charge in [0, 0.05) is 19.3 Å². The summed E-state index contributed by atoms with van der Waals surface area (Å²) in [6.45, 7) is 1.41. The summed E-state index contributed by atoms with van der Waals surface area (Å²) in [4.78, 5) is 26.6. The number of carbonyl (C=O) groups excluding carboxylic acids is 2. The SMILES string of the molecule is COCc1ccc(NC(=O)N2CCC[C@H]2C(=O)NCc2ccco2)cc1. The third kappa shape index (κ3) is 4.43. The van der Waals surface area contributed by atoms with Crippen molar-refractivity contribution in [3.8, 4) is 0 Å². The summed E-state index contributed by atoms with van der Waals surface area (Å²) in [5, 5.41) is 5.68. The van der Waals surface area contributed by atoms with Crippen molar-refractivity contribution in [1.29, 1.82) is 0 Å². The molecule has 0 unspecified atom stereocenters. The molecular formula is C19H23N3O4. The van der Waals surface area contributed by atoms with Crippen LogP contribution in [0.15, 0.2) is 47.1 Å². The Labute approximate surface area is 152 Å². The number of nitrogens with zero attached hydrogens (tertiary/aromatic N) is 1. The molecule has 0 aliphatic carbocycles. The van der Waals surface area contributed by atoms with Gasteiger partial charge in [0.1, 0.15) is 11.8 Å². The summed E-state index contributed by atoms with van der Waals surface area (Å²) in [6.07, 6.45) is 3.03. The Hall–Kier alpha value is -2.80. The van der Waals surface area contributed by atoms with Crippen molar-refractivity contribution in [1.82, 2.24) is 10.2 Å². The Morgan fingerprint density at radius 1 is 1.27 bits per heavy atom. The van der Waals surface area contributed by atoms with E-state index in [0.717, 1.165) is 12.0 Å². The highest BCUT2D eigenvalue weighted by Gasteiger charge is 2.34. The molecule has 1 atom stereocenters. The predicted octanol–water partition coefficient (Wildman–Crippen LogP) is 2.74. The maximum absolute atomic E-state index is 12.6. The second-order valence-corrected chi connectivity index (χ2v) is 6.21. The zero-order valence-electron chi connectivity index (χ0n) is 14.7. The van der Waals surface area contributed by atoms with Gasteiger partial charge in [-0.05, 0) is 42.7 Å². The number of ether oxygens (including phenoxy) is 1. The molecule has 7 heteroatoms. The van der Waals surface area contributed by atoms with Crippen molar-refractivity contribution in [2.75, 3.05) is 19.0 Å². The molecular weight excluding hydrogens is 334 g/mol. The quantitative estimate of drug-likeness (QED) is 0.833. The highest BCUT2D eigenvalue weighted by atomic mass is 16.5. The molecule has 1 saturated heterocycles. The maximum Gasteiger partial charge on any atom is 0.322 e. The fourth-order valence-corrected chi connectivity index (χ4v) is 3.03. The van der Waals surface area contributed by atoms with Crippen LogP contribution in [0.25, 0.3) is 0 Å². The van der Waals surface area contributed by atoms with Gasteiger partial charge in [-0.3, -0.25) is 4.79 Å². The highest BCUT2D eigenvalue weighted by Crippen LogP contribution is 2.20. The summed E-state index contributed by atoms with van der Waals surface area (Å²) in [6, 6.07) is 10.3. The first-order valence-electron chi connectivity index (χ1n) is 8.63. The Balaban J connectivity index is 1.56. The molecule has 1 aromatic carbocycles. The van der Waals surface area contributed by atoms with Crippen molar-refractivity contribution in [3.63, 3.8) is 0 Å². The molecule has 1 aliphatic heterocycles. The van der Waals surface area contributed by atoms with Gasteiger partial charge < -0.3 is 24.7 Å². The lowest BCUT2D eigenvalue weighted by atomic mass is 10.2. The molecule has 0 radical (unpaired) electrons. The van der Waals surface area contributed by atoms with Crippen molar-refractivity contribution in [2.24, 2.45) is 0 Å². The van der Waals surface area contributed by atoms with Gasteiger partial charge in [0.25, 0.3) is 0 Å². The van der Waals surface area contributed by atoms with E-state index in [1.807, 2.05) is 24.3 Å². The third-order valence-corrected chi connectivity index (χ3v) is 4.35. The predicted molar refractivity (Wildman–Crippen MR) is 96.5 cm³/mol. The number of likely N-dealkylation sites (tertiary alicyclic amines) is 1. The van der Waals surface area contributed by atoms with E-state index in [1.54, 1.807) is 30.4 Å². The molecule has 3 rings (SSSR count). The molecule has 0 saturated carbocycles. The lowest BCUT2D eigenvalue weighted by Gasteiger charge is -2.24. The molecule has 1 aliphatic rings. The summed E-state index contributed by atoms with van der Waals surface area (Å²) < 4.78 is 10.3. The van der Waals surface area contributed by atoms with Gasteiger partial charge in [-0.25, -0.2) is 4.79 Å². The number of furan rings is 1. The highest BCUT2D eigenvalue weighted by molar-refractivity contribution is 5.94. The monoisotopic (exact) mass is 357 g/mol. The average Bonchev–Trinajstić information content (AvgIpc) is 3.33. The Kier molecular flexibility index (Phi) is 5.91. The minimum atomic E-state index is -0.460. The zero-order chi connectivity index (χ0) is 18.4. The molecule has 0 bridgehead atoms. The summed E-state index contributed by atoms with van der Waals surface area (Å²) in [5.41, 5.74) is 1.72. The zero-order valence-corrected chi connectivity index (χ0v) is 14.7. The van der Waals surface area contributed by atoms with Crippen molar-refractivity contribution >= 4 is 17.6 Å². The number of rotatable bonds is 6. The summed E-state index contributed by atoms with van der Waals surface area (Å²) in [7, 11) is 1.64. The molecule has 1 aromatic heterocycles. The number of methoxy groups -OCH3 is 1. The van der Waals surface area contributed by atoms with Crippen LogP contribution in [0.3, 0.4) is 0 Å². The van der Waals surface area contributed by atoms with Crippen molar-refractivity contribution in [2.45, 2.75) is 32.0 Å². The van der Waals surface area contributed by atoms with E-state index in [2.05, 4.69) is 10.6 Å². The van der Waals surface area contributed by atoms with E-state index in [1.165, 1.54) is 0 Å². The van der Waals surface area contributed by atoms with Gasteiger partial charge in [0.15, 0.2) is 0 Å². The Morgan fingerprint density at radius 3 is 2.77 bits per heavy atom. The van der Waals surface area contributed by atoms with Crippen LogP contribution in [-0.4, -0.2) is 36.5 Å². The first-order valence-corrected chi connectivity index (χ1v) is 8.63. The minimum absolute atomic E-state index is 0.163. The smallest absolute Gasteiger partial charge is 0.322 e. The lowest BCUT2D eigenvalue weighted by Crippen LogP contribution is -2.47. The Morgan fingerprint density at radius 2 is 2.08 bits per heavy atom. The molecule has 0 spiro atoms. The van der Waals surface area contributed by atoms with E-state index in [9.17, 15) is 9.59 Å². The minimum Gasteiger partial charge on any atom is -0.467 e. The fraction of sp³-hybridized carbons (Fsp3) is 0.368. The normalized spacial score (nSPS) is 16.5. The van der Waals surface area contributed by atoms with Gasteiger partial charge >= 0.3 is 6.03 Å². The van der Waals surface area contributed by atoms with E-state index in [0.29, 0.717) is 37.6 Å². The Bertz CT molecular complexity index is 728. The topological polar surface area (TPSA) is 83.8 Å². The third-order valence-electron chi connectivity index (χ3n) is 4.35. The first kappa shape index (κ1) is 18.0. The number of amides is 3. The van der Waals surface area contributed by atoms with Crippen LogP contribution in [0.4, 0.5) is 10.5 Å². The summed E-state index contributed by atoms with van der Waals surface area (Å²) >= 11 is 0. The van der Waals surface area contributed by atoms with Crippen molar-refractivity contribution in [3.05, 3.63) is 54.0 Å². The van der Waals surface area contributed by atoms with Crippen LogP contribution in [0, 0.1) is 0 Å². The largest absolute Gasteiger partial charge is 0.467 e. The van der Waals surface area contributed by atoms with Crippen LogP contribution in [0.1, 0.15) is 24.2 Å². The molecule has 26 heavy (non-hydrogen) atoms. The van der Waals surface area contributed by atoms with Gasteiger partial charge in [-0.2, -0.15) is 0 Å². The molecule has 138 valence electrons. The van der Waals surface area contributed by atoms with Crippen LogP contribution in [0.2, 0.25) is 0 Å². The molecule has 2 N–H and O–H groups in total. The van der Waals surface area contributed by atoms with E-state index < -0.39 is 6.04 Å². The molecule has 7 nitrogen and oxygen atoms in total. The maximum atomic E-state index is 12.6. The number of anilines is 1. The lowest BCUT2D eigenvalue weighted by molar-refractivity contribution is -0.124. The second-order valence-electron chi connectivity index (χ2n) is 6.21. The van der Waals surface area contributed by atoms with Gasteiger partial charge in [-0.1, -0.05) is 12.1 Å². The number of hydrogen-bond acceptors (Lipinski definition) is 4.